The number of alkyl halides is 3. The number of halogens is 5. The Morgan fingerprint density at radius 1 is 0.886 bits per heavy atom. The summed E-state index contributed by atoms with van der Waals surface area (Å²) in [6.07, 6.45) is 1.10. The van der Waals surface area contributed by atoms with Crippen LogP contribution in [0.3, 0.4) is 0 Å². The molecule has 4 aromatic heterocycles. The predicted octanol–water partition coefficient (Wildman–Crippen LogP) is 5.39. The molecule has 0 atom stereocenters. The van der Waals surface area contributed by atoms with Gasteiger partial charge in [0, 0.05) is 40.3 Å². The lowest BCUT2D eigenvalue weighted by Gasteiger charge is -2.10. The Bertz CT molecular complexity index is 1600. The molecule has 4 heterocycles. The van der Waals surface area contributed by atoms with E-state index in [2.05, 4.69) is 20.2 Å². The van der Waals surface area contributed by atoms with Crippen LogP contribution in [-0.4, -0.2) is 29.4 Å². The average Bonchev–Trinajstić information content (AvgIpc) is 3.14. The third-order valence-electron chi connectivity index (χ3n) is 5.21. The SMILES string of the molecule is O=c1n(Cc2ccc(C(F)(F)F)nc2)nc2c(-c3cncc(Cl)c3)c(-c3ccc(Cl)cc3)cnn12. The fraction of sp³-hybridized carbons (Fsp3) is 0.0870. The van der Waals surface area contributed by atoms with Crippen LogP contribution in [0.15, 0.2) is 72.0 Å². The van der Waals surface area contributed by atoms with Crippen LogP contribution in [0, 0.1) is 0 Å². The fourth-order valence-electron chi connectivity index (χ4n) is 3.60. The number of pyridine rings is 2. The van der Waals surface area contributed by atoms with Crippen molar-refractivity contribution in [2.24, 2.45) is 0 Å². The van der Waals surface area contributed by atoms with Crippen molar-refractivity contribution in [1.29, 1.82) is 0 Å². The largest absolute Gasteiger partial charge is 0.433 e. The van der Waals surface area contributed by atoms with E-state index in [9.17, 15) is 18.0 Å². The van der Waals surface area contributed by atoms with Gasteiger partial charge in [-0.1, -0.05) is 41.4 Å². The molecule has 0 saturated heterocycles. The van der Waals surface area contributed by atoms with Crippen molar-refractivity contribution in [3.8, 4) is 22.3 Å². The van der Waals surface area contributed by atoms with Crippen LogP contribution in [0.1, 0.15) is 11.3 Å². The van der Waals surface area contributed by atoms with Crippen LogP contribution in [0.2, 0.25) is 10.0 Å². The van der Waals surface area contributed by atoms with Gasteiger partial charge in [0.2, 0.25) is 0 Å². The first-order valence-electron chi connectivity index (χ1n) is 10.1. The molecule has 0 radical (unpaired) electrons. The van der Waals surface area contributed by atoms with Gasteiger partial charge in [0.05, 0.1) is 17.8 Å². The molecule has 0 fully saturated rings. The van der Waals surface area contributed by atoms with E-state index in [-0.39, 0.29) is 12.2 Å². The van der Waals surface area contributed by atoms with Crippen LogP contribution >= 0.6 is 23.2 Å². The lowest BCUT2D eigenvalue weighted by atomic mass is 9.98. The molecule has 0 aliphatic carbocycles. The van der Waals surface area contributed by atoms with Crippen molar-refractivity contribution in [3.63, 3.8) is 0 Å². The van der Waals surface area contributed by atoms with Gasteiger partial charge in [-0.3, -0.25) is 9.97 Å². The van der Waals surface area contributed by atoms with E-state index < -0.39 is 17.6 Å². The van der Waals surface area contributed by atoms with E-state index in [1.165, 1.54) is 18.5 Å². The zero-order valence-corrected chi connectivity index (χ0v) is 19.1. The van der Waals surface area contributed by atoms with Gasteiger partial charge in [-0.05, 0) is 35.4 Å². The van der Waals surface area contributed by atoms with E-state index >= 15 is 0 Å². The van der Waals surface area contributed by atoms with Gasteiger partial charge < -0.3 is 0 Å². The first kappa shape index (κ1) is 23.0. The zero-order chi connectivity index (χ0) is 24.7. The Balaban J connectivity index is 1.67. The summed E-state index contributed by atoms with van der Waals surface area (Å²) < 4.78 is 40.7. The first-order valence-corrected chi connectivity index (χ1v) is 10.8. The molecule has 5 aromatic rings. The summed E-state index contributed by atoms with van der Waals surface area (Å²) >= 11 is 12.2. The van der Waals surface area contributed by atoms with Crippen molar-refractivity contribution in [1.82, 2.24) is 29.4 Å². The molecule has 0 spiro atoms. The highest BCUT2D eigenvalue weighted by Gasteiger charge is 2.32. The molecule has 5 rings (SSSR count). The van der Waals surface area contributed by atoms with Gasteiger partial charge in [0.15, 0.2) is 5.65 Å². The molecular formula is C23H13Cl2F3N6O. The standard InChI is InChI=1S/C23H13Cl2F3N6O/c24-16-4-2-14(3-5-16)18-11-31-34-21(20(18)15-7-17(25)10-29-9-15)32-33(22(34)35)12-13-1-6-19(30-8-13)23(26,27)28/h1-11H,12H2. The minimum atomic E-state index is -4.56. The average molecular weight is 517 g/mol. The first-order chi connectivity index (χ1) is 16.7. The highest BCUT2D eigenvalue weighted by molar-refractivity contribution is 6.31. The third-order valence-corrected chi connectivity index (χ3v) is 5.67. The van der Waals surface area contributed by atoms with Crippen molar-refractivity contribution in [2.75, 3.05) is 0 Å². The maximum absolute atomic E-state index is 13.0. The monoisotopic (exact) mass is 516 g/mol. The van der Waals surface area contributed by atoms with Gasteiger partial charge in [0.1, 0.15) is 5.69 Å². The van der Waals surface area contributed by atoms with E-state index in [4.69, 9.17) is 23.2 Å². The third kappa shape index (κ3) is 4.50. The maximum Gasteiger partial charge on any atom is 0.433 e. The Morgan fingerprint density at radius 2 is 1.66 bits per heavy atom. The molecule has 0 aliphatic rings. The summed E-state index contributed by atoms with van der Waals surface area (Å²) in [5, 5.41) is 9.65. The smallest absolute Gasteiger partial charge is 0.263 e. The molecule has 35 heavy (non-hydrogen) atoms. The second-order valence-corrected chi connectivity index (χ2v) is 8.43. The molecule has 0 bridgehead atoms. The summed E-state index contributed by atoms with van der Waals surface area (Å²) in [6, 6.07) is 10.9. The van der Waals surface area contributed by atoms with E-state index in [1.54, 1.807) is 36.5 Å². The van der Waals surface area contributed by atoms with E-state index in [1.807, 2.05) is 0 Å². The molecule has 0 amide bonds. The quantitative estimate of drug-likeness (QED) is 0.320. The molecule has 0 unspecified atom stereocenters. The number of hydrogen-bond donors (Lipinski definition) is 0. The van der Waals surface area contributed by atoms with Crippen LogP contribution in [-0.2, 0) is 12.7 Å². The normalized spacial score (nSPS) is 11.8. The van der Waals surface area contributed by atoms with Crippen LogP contribution in [0.25, 0.3) is 27.9 Å². The van der Waals surface area contributed by atoms with Crippen molar-refractivity contribution in [2.45, 2.75) is 12.7 Å². The number of aromatic nitrogens is 6. The van der Waals surface area contributed by atoms with Crippen molar-refractivity contribution >= 4 is 28.8 Å². The molecule has 176 valence electrons. The summed E-state index contributed by atoms with van der Waals surface area (Å²) in [6.45, 7) is -0.100. The molecule has 7 nitrogen and oxygen atoms in total. The summed E-state index contributed by atoms with van der Waals surface area (Å²) in [5.74, 6) is 0. The maximum atomic E-state index is 13.0. The number of nitrogens with zero attached hydrogens (tertiary/aromatic N) is 6. The number of benzene rings is 1. The van der Waals surface area contributed by atoms with Gasteiger partial charge in [-0.25, -0.2) is 9.48 Å². The minimum absolute atomic E-state index is 0.100. The van der Waals surface area contributed by atoms with Crippen LogP contribution in [0.4, 0.5) is 13.2 Å². The second-order valence-electron chi connectivity index (χ2n) is 7.56. The lowest BCUT2D eigenvalue weighted by Crippen LogP contribution is -2.23. The van der Waals surface area contributed by atoms with Crippen LogP contribution < -0.4 is 5.69 Å². The minimum Gasteiger partial charge on any atom is -0.263 e. The predicted molar refractivity (Wildman–Crippen MR) is 124 cm³/mol. The van der Waals surface area contributed by atoms with Gasteiger partial charge in [-0.2, -0.15) is 22.8 Å². The highest BCUT2D eigenvalue weighted by atomic mass is 35.5. The van der Waals surface area contributed by atoms with E-state index in [0.717, 1.165) is 27.0 Å². The van der Waals surface area contributed by atoms with Gasteiger partial charge >= 0.3 is 11.9 Å². The van der Waals surface area contributed by atoms with Crippen molar-refractivity contribution < 1.29 is 13.2 Å². The number of rotatable bonds is 4. The zero-order valence-electron chi connectivity index (χ0n) is 17.5. The molecule has 12 heteroatoms. The molecule has 1 aromatic carbocycles. The van der Waals surface area contributed by atoms with E-state index in [0.29, 0.717) is 32.3 Å². The Kier molecular flexibility index (Phi) is 5.78. The van der Waals surface area contributed by atoms with Gasteiger partial charge in [0.25, 0.3) is 0 Å². The topological polar surface area (TPSA) is 78.0 Å². The van der Waals surface area contributed by atoms with Crippen LogP contribution in [0.5, 0.6) is 0 Å². The Labute approximate surface area is 205 Å². The molecule has 0 N–H and O–H groups in total. The number of hydrogen-bond acceptors (Lipinski definition) is 5. The molecule has 0 saturated carbocycles. The fourth-order valence-corrected chi connectivity index (χ4v) is 3.90. The summed E-state index contributed by atoms with van der Waals surface area (Å²) in [4.78, 5) is 20.6. The summed E-state index contributed by atoms with van der Waals surface area (Å²) in [7, 11) is 0. The second kappa shape index (κ2) is 8.79. The highest BCUT2D eigenvalue weighted by Crippen LogP contribution is 2.35. The van der Waals surface area contributed by atoms with Gasteiger partial charge in [-0.15, -0.1) is 5.10 Å². The molecule has 0 aliphatic heterocycles. The Hall–Kier alpha value is -3.76. The molecular weight excluding hydrogens is 504 g/mol. The lowest BCUT2D eigenvalue weighted by molar-refractivity contribution is -0.141. The summed E-state index contributed by atoms with van der Waals surface area (Å²) in [5.41, 5.74) is 1.59. The van der Waals surface area contributed by atoms with Crippen molar-refractivity contribution in [3.05, 3.63) is 99.0 Å². The Morgan fingerprint density at radius 3 is 2.31 bits per heavy atom. The number of fused-ring (bicyclic) bond motifs is 1.